The molecule has 13 heavy (non-hydrogen) atoms. The van der Waals surface area contributed by atoms with Crippen molar-refractivity contribution in [3.63, 3.8) is 0 Å². The Bertz CT molecular complexity index is 413. The van der Waals surface area contributed by atoms with Gasteiger partial charge in [-0.15, -0.1) is 0 Å². The second kappa shape index (κ2) is 3.61. The molecule has 0 radical (unpaired) electrons. The molecule has 0 fully saturated rings. The topological polar surface area (TPSA) is 0 Å². The fourth-order valence-electron chi connectivity index (χ4n) is 1.54. The summed E-state index contributed by atoms with van der Waals surface area (Å²) in [4.78, 5) is 0. The fraction of sp³-hybridized carbons (Fsp3) is 0.231. The van der Waals surface area contributed by atoms with E-state index in [1.54, 1.807) is 0 Å². The lowest BCUT2D eigenvalue weighted by molar-refractivity contribution is 1.47. The van der Waals surface area contributed by atoms with Gasteiger partial charge in [0.05, 0.1) is 0 Å². The summed E-state index contributed by atoms with van der Waals surface area (Å²) in [6.45, 7) is 4.29. The zero-order valence-electron chi connectivity index (χ0n) is 7.46. The van der Waals surface area contributed by atoms with Gasteiger partial charge in [0.2, 0.25) is 0 Å². The highest BCUT2D eigenvalue weighted by Crippen LogP contribution is 2.18. The van der Waals surface area contributed by atoms with E-state index in [1.807, 2.05) is 0 Å². The summed E-state index contributed by atoms with van der Waals surface area (Å²) in [5.74, 6) is 0. The van der Waals surface area contributed by atoms with Crippen molar-refractivity contribution >= 4 is 10.8 Å². The normalized spacial score (nSPS) is 9.69. The minimum atomic E-state index is 0. The quantitative estimate of drug-likeness (QED) is 0.561. The van der Waals surface area contributed by atoms with Crippen LogP contribution in [-0.4, -0.2) is 0 Å². The first-order valence-corrected chi connectivity index (χ1v) is 4.23. The van der Waals surface area contributed by atoms with Crippen molar-refractivity contribution in [2.45, 2.75) is 21.3 Å². The van der Waals surface area contributed by atoms with Crippen molar-refractivity contribution in [1.29, 1.82) is 0 Å². The molecule has 0 amide bonds. The van der Waals surface area contributed by atoms with E-state index in [4.69, 9.17) is 0 Å². The molecule has 0 bridgehead atoms. The van der Waals surface area contributed by atoms with E-state index in [0.717, 1.165) is 0 Å². The summed E-state index contributed by atoms with van der Waals surface area (Å²) < 4.78 is 0. The summed E-state index contributed by atoms with van der Waals surface area (Å²) in [5, 5.41) is 2.71. The minimum Gasteiger partial charge on any atom is -0.0776 e. The molecule has 2 aromatic rings. The van der Waals surface area contributed by atoms with E-state index in [-0.39, 0.29) is 7.43 Å². The van der Waals surface area contributed by atoms with Gasteiger partial charge in [0, 0.05) is 0 Å². The predicted octanol–water partition coefficient (Wildman–Crippen LogP) is 4.09. The molecule has 0 unspecified atom stereocenters. The number of hydrogen-bond donors (Lipinski definition) is 0. The van der Waals surface area contributed by atoms with E-state index >= 15 is 0 Å². The molecule has 0 aliphatic carbocycles. The van der Waals surface area contributed by atoms with E-state index < -0.39 is 0 Å². The smallest absolute Gasteiger partial charge is 0.0152 e. The number of fused-ring (bicyclic) bond motifs is 1. The third-order valence-electron chi connectivity index (χ3n) is 2.26. The molecule has 0 nitrogen and oxygen atoms in total. The van der Waals surface area contributed by atoms with Crippen molar-refractivity contribution in [2.75, 3.05) is 0 Å². The average molecular weight is 172 g/mol. The minimum absolute atomic E-state index is 0. The number of rotatable bonds is 0. The van der Waals surface area contributed by atoms with Gasteiger partial charge in [-0.05, 0) is 30.2 Å². The van der Waals surface area contributed by atoms with Crippen LogP contribution in [0, 0.1) is 13.8 Å². The van der Waals surface area contributed by atoms with Crippen LogP contribution in [0.25, 0.3) is 10.8 Å². The Morgan fingerprint density at radius 3 is 2.46 bits per heavy atom. The van der Waals surface area contributed by atoms with Crippen LogP contribution in [0.3, 0.4) is 0 Å². The van der Waals surface area contributed by atoms with Crippen LogP contribution in [0.1, 0.15) is 18.6 Å². The number of benzene rings is 2. The largest absolute Gasteiger partial charge is 0.0776 e. The summed E-state index contributed by atoms with van der Waals surface area (Å²) in [6.07, 6.45) is 0. The van der Waals surface area contributed by atoms with Crippen LogP contribution in [0.5, 0.6) is 0 Å². The molecule has 0 atom stereocenters. The summed E-state index contributed by atoms with van der Waals surface area (Å²) >= 11 is 0. The Kier molecular flexibility index (Phi) is 2.72. The summed E-state index contributed by atoms with van der Waals surface area (Å²) in [6, 6.07) is 13.0. The highest BCUT2D eigenvalue weighted by Gasteiger charge is 1.95. The molecule has 0 aliphatic heterocycles. The maximum absolute atomic E-state index is 2.24. The second-order valence-electron chi connectivity index (χ2n) is 3.30. The highest BCUT2D eigenvalue weighted by molar-refractivity contribution is 5.86. The van der Waals surface area contributed by atoms with E-state index in [2.05, 4.69) is 50.2 Å². The van der Waals surface area contributed by atoms with Crippen LogP contribution in [0.15, 0.2) is 36.4 Å². The fourth-order valence-corrected chi connectivity index (χ4v) is 1.54. The van der Waals surface area contributed by atoms with Crippen LogP contribution >= 0.6 is 0 Å². The first-order valence-electron chi connectivity index (χ1n) is 4.23. The molecule has 0 saturated carbocycles. The monoisotopic (exact) mass is 172 g/mol. The second-order valence-corrected chi connectivity index (χ2v) is 3.30. The van der Waals surface area contributed by atoms with E-state index in [1.165, 1.54) is 21.9 Å². The van der Waals surface area contributed by atoms with Gasteiger partial charge in [-0.3, -0.25) is 0 Å². The molecule has 0 saturated heterocycles. The lowest BCUT2D eigenvalue weighted by Gasteiger charge is -2.01. The van der Waals surface area contributed by atoms with E-state index in [0.29, 0.717) is 0 Å². The Morgan fingerprint density at radius 1 is 0.923 bits per heavy atom. The third-order valence-corrected chi connectivity index (χ3v) is 2.26. The first kappa shape index (κ1) is 9.79. The van der Waals surface area contributed by atoms with E-state index in [9.17, 15) is 0 Å². The van der Waals surface area contributed by atoms with Crippen molar-refractivity contribution in [3.8, 4) is 0 Å². The Morgan fingerprint density at radius 2 is 1.69 bits per heavy atom. The third kappa shape index (κ3) is 1.72. The molecule has 0 aromatic heterocycles. The van der Waals surface area contributed by atoms with Gasteiger partial charge in [0.15, 0.2) is 0 Å². The van der Waals surface area contributed by atoms with Crippen molar-refractivity contribution in [2.24, 2.45) is 0 Å². The molecule has 2 aromatic carbocycles. The van der Waals surface area contributed by atoms with Crippen molar-refractivity contribution < 1.29 is 0 Å². The Labute approximate surface area is 80.2 Å². The molecule has 2 rings (SSSR count). The van der Waals surface area contributed by atoms with Crippen LogP contribution < -0.4 is 0 Å². The van der Waals surface area contributed by atoms with Gasteiger partial charge >= 0.3 is 0 Å². The van der Waals surface area contributed by atoms with Gasteiger partial charge in [0.1, 0.15) is 0 Å². The van der Waals surface area contributed by atoms with Crippen LogP contribution in [0.4, 0.5) is 0 Å². The molecule has 0 heteroatoms. The van der Waals surface area contributed by atoms with Gasteiger partial charge in [-0.1, -0.05) is 49.4 Å². The Hall–Kier alpha value is -1.30. The lowest BCUT2D eigenvalue weighted by atomic mass is 10.0. The van der Waals surface area contributed by atoms with Crippen LogP contribution in [-0.2, 0) is 0 Å². The molecule has 0 N–H and O–H groups in total. The predicted molar refractivity (Wildman–Crippen MR) is 60.2 cm³/mol. The molecule has 68 valence electrons. The lowest BCUT2D eigenvalue weighted by Crippen LogP contribution is -1.78. The molecule has 0 spiro atoms. The maximum Gasteiger partial charge on any atom is -0.0152 e. The van der Waals surface area contributed by atoms with Gasteiger partial charge in [-0.25, -0.2) is 0 Å². The summed E-state index contributed by atoms with van der Waals surface area (Å²) in [7, 11) is 0. The van der Waals surface area contributed by atoms with Gasteiger partial charge in [-0.2, -0.15) is 0 Å². The zero-order valence-corrected chi connectivity index (χ0v) is 7.46. The summed E-state index contributed by atoms with van der Waals surface area (Å²) in [5.41, 5.74) is 2.69. The maximum atomic E-state index is 2.24. The molecular weight excluding hydrogens is 156 g/mol. The zero-order chi connectivity index (χ0) is 8.55. The van der Waals surface area contributed by atoms with Gasteiger partial charge in [0.25, 0.3) is 0 Å². The van der Waals surface area contributed by atoms with Crippen LogP contribution in [0.2, 0.25) is 0 Å². The SMILES string of the molecule is C.Cc1ccc2cccc(C)c2c1. The van der Waals surface area contributed by atoms with Crippen molar-refractivity contribution in [3.05, 3.63) is 47.5 Å². The molecule has 0 heterocycles. The van der Waals surface area contributed by atoms with Crippen molar-refractivity contribution in [1.82, 2.24) is 0 Å². The highest BCUT2D eigenvalue weighted by atomic mass is 14.0. The Balaban J connectivity index is 0.000000845. The average Bonchev–Trinajstić information content (AvgIpc) is 2.07. The number of hydrogen-bond acceptors (Lipinski definition) is 0. The standard InChI is InChI=1S/C12H12.CH4/c1-9-6-7-11-5-3-4-10(2)12(11)8-9;/h3-8H,1-2H3;1H4. The number of aryl methyl sites for hydroxylation is 2. The molecular formula is C13H16. The first-order chi connectivity index (χ1) is 5.77. The van der Waals surface area contributed by atoms with Gasteiger partial charge < -0.3 is 0 Å². The molecule has 0 aliphatic rings.